The first-order valence-electron chi connectivity index (χ1n) is 4.50. The van der Waals surface area contributed by atoms with Gasteiger partial charge in [-0.3, -0.25) is 4.79 Å². The lowest BCUT2D eigenvalue weighted by Gasteiger charge is -2.04. The predicted octanol–water partition coefficient (Wildman–Crippen LogP) is 2.58. The molecule has 0 spiro atoms. The molecule has 0 aliphatic heterocycles. The Hall–Kier alpha value is -0.580. The maximum Gasteiger partial charge on any atom is 0.222 e. The van der Waals surface area contributed by atoms with Gasteiger partial charge in [-0.1, -0.05) is 11.6 Å². The molecule has 88 valence electrons. The molecule has 0 N–H and O–H groups in total. The summed E-state index contributed by atoms with van der Waals surface area (Å²) in [5, 5.41) is -0.151. The first-order valence-corrected chi connectivity index (χ1v) is 6.91. The molecule has 1 aromatic carbocycles. The molecule has 0 fully saturated rings. The van der Waals surface area contributed by atoms with Crippen molar-refractivity contribution in [3.8, 4) is 0 Å². The van der Waals surface area contributed by atoms with E-state index in [1.165, 1.54) is 18.2 Å². The van der Waals surface area contributed by atoms with Gasteiger partial charge in [-0.25, -0.2) is 8.42 Å². The Kier molecular flexibility index (Phi) is 4.35. The molecule has 16 heavy (non-hydrogen) atoms. The van der Waals surface area contributed by atoms with Gasteiger partial charge in [-0.15, -0.1) is 0 Å². The molecule has 6 heteroatoms. The smallest absolute Gasteiger partial charge is 0.222 e. The number of carbonyl (C=O) groups excluding carboxylic acids is 1. The van der Waals surface area contributed by atoms with Crippen LogP contribution < -0.4 is 0 Å². The van der Waals surface area contributed by atoms with Crippen LogP contribution in [0.4, 0.5) is 0 Å². The van der Waals surface area contributed by atoms with Crippen LogP contribution >= 0.6 is 23.2 Å². The van der Waals surface area contributed by atoms with Gasteiger partial charge in [-0.05, 0) is 42.3 Å². The SMILES string of the molecule is Cc1cc(S(=O)(=O)CCC(=O)Cl)ccc1Cl. The molecule has 0 saturated heterocycles. The average Bonchev–Trinajstić information content (AvgIpc) is 2.19. The van der Waals surface area contributed by atoms with Crippen LogP contribution in [0.5, 0.6) is 0 Å². The van der Waals surface area contributed by atoms with Crippen LogP contribution in [0.3, 0.4) is 0 Å². The third-order valence-corrected chi connectivity index (χ3v) is 4.38. The number of benzene rings is 1. The largest absolute Gasteiger partial charge is 0.281 e. The van der Waals surface area contributed by atoms with E-state index in [4.69, 9.17) is 23.2 Å². The van der Waals surface area contributed by atoms with Crippen LogP contribution in [0.2, 0.25) is 5.02 Å². The van der Waals surface area contributed by atoms with Gasteiger partial charge in [0.1, 0.15) is 0 Å². The molecular formula is C10H10Cl2O3S. The van der Waals surface area contributed by atoms with Crippen molar-refractivity contribution in [2.45, 2.75) is 18.2 Å². The molecule has 3 nitrogen and oxygen atoms in total. The molecule has 0 heterocycles. The van der Waals surface area contributed by atoms with Crippen LogP contribution in [0.1, 0.15) is 12.0 Å². The van der Waals surface area contributed by atoms with Crippen LogP contribution in [-0.2, 0) is 14.6 Å². The molecule has 1 rings (SSSR count). The summed E-state index contributed by atoms with van der Waals surface area (Å²) in [4.78, 5) is 10.7. The lowest BCUT2D eigenvalue weighted by molar-refractivity contribution is -0.111. The number of halogens is 2. The van der Waals surface area contributed by atoms with E-state index >= 15 is 0 Å². The second-order valence-electron chi connectivity index (χ2n) is 3.33. The van der Waals surface area contributed by atoms with Crippen LogP contribution in [0, 0.1) is 6.92 Å². The molecular weight excluding hydrogens is 271 g/mol. The van der Waals surface area contributed by atoms with Crippen molar-refractivity contribution < 1.29 is 13.2 Å². The molecule has 0 saturated carbocycles. The third kappa shape index (κ3) is 3.47. The van der Waals surface area contributed by atoms with Crippen molar-refractivity contribution in [2.24, 2.45) is 0 Å². The minimum atomic E-state index is -3.46. The number of hydrogen-bond acceptors (Lipinski definition) is 3. The molecule has 0 atom stereocenters. The van der Waals surface area contributed by atoms with Gasteiger partial charge < -0.3 is 0 Å². The Bertz CT molecular complexity index is 509. The molecule has 0 radical (unpaired) electrons. The van der Waals surface area contributed by atoms with E-state index in [0.29, 0.717) is 10.6 Å². The maximum atomic E-state index is 11.7. The summed E-state index contributed by atoms with van der Waals surface area (Å²) < 4.78 is 23.5. The van der Waals surface area contributed by atoms with Gasteiger partial charge in [0, 0.05) is 11.4 Å². The van der Waals surface area contributed by atoms with Crippen molar-refractivity contribution in [2.75, 3.05) is 5.75 Å². The van der Waals surface area contributed by atoms with Crippen LogP contribution in [-0.4, -0.2) is 19.4 Å². The first-order chi connectivity index (χ1) is 7.33. The highest BCUT2D eigenvalue weighted by atomic mass is 35.5. The van der Waals surface area contributed by atoms with Crippen molar-refractivity contribution >= 4 is 38.3 Å². The molecule has 0 bridgehead atoms. The monoisotopic (exact) mass is 280 g/mol. The summed E-state index contributed by atoms with van der Waals surface area (Å²) in [7, 11) is -3.46. The van der Waals surface area contributed by atoms with E-state index in [1.54, 1.807) is 6.92 Å². The quantitative estimate of drug-likeness (QED) is 0.797. The van der Waals surface area contributed by atoms with E-state index in [0.717, 1.165) is 0 Å². The molecule has 1 aromatic rings. The Morgan fingerprint density at radius 3 is 2.50 bits per heavy atom. The van der Waals surface area contributed by atoms with Crippen LogP contribution in [0.15, 0.2) is 23.1 Å². The van der Waals surface area contributed by atoms with Crippen molar-refractivity contribution in [1.82, 2.24) is 0 Å². The fraction of sp³-hybridized carbons (Fsp3) is 0.300. The molecule has 0 aliphatic rings. The fourth-order valence-electron chi connectivity index (χ4n) is 1.14. The number of carbonyl (C=O) groups is 1. The highest BCUT2D eigenvalue weighted by molar-refractivity contribution is 7.91. The number of hydrogen-bond donors (Lipinski definition) is 0. The van der Waals surface area contributed by atoms with E-state index in [1.807, 2.05) is 0 Å². The Labute approximate surface area is 104 Å². The zero-order chi connectivity index (χ0) is 12.3. The lowest BCUT2D eigenvalue weighted by atomic mass is 10.2. The highest BCUT2D eigenvalue weighted by Crippen LogP contribution is 2.20. The topological polar surface area (TPSA) is 51.2 Å². The summed E-state index contributed by atoms with van der Waals surface area (Å²) >= 11 is 10.9. The summed E-state index contributed by atoms with van der Waals surface area (Å²) in [6.07, 6.45) is -0.189. The zero-order valence-corrected chi connectivity index (χ0v) is 10.9. The minimum Gasteiger partial charge on any atom is -0.281 e. The van der Waals surface area contributed by atoms with Gasteiger partial charge in [-0.2, -0.15) is 0 Å². The third-order valence-electron chi connectivity index (χ3n) is 2.06. The van der Waals surface area contributed by atoms with Gasteiger partial charge in [0.2, 0.25) is 5.24 Å². The second-order valence-corrected chi connectivity index (χ2v) is 6.27. The standard InChI is InChI=1S/C10H10Cl2O3S/c1-7-6-8(2-3-9(7)11)16(14,15)5-4-10(12)13/h2-3,6H,4-5H2,1H3. The Morgan fingerprint density at radius 2 is 2.00 bits per heavy atom. The van der Waals surface area contributed by atoms with Gasteiger partial charge in [0.05, 0.1) is 10.6 Å². The summed E-state index contributed by atoms with van der Waals surface area (Å²) in [6, 6.07) is 4.42. The number of aryl methyl sites for hydroxylation is 1. The maximum absolute atomic E-state index is 11.7. The molecule has 0 aliphatic carbocycles. The van der Waals surface area contributed by atoms with Crippen LogP contribution in [0.25, 0.3) is 0 Å². The lowest BCUT2D eigenvalue weighted by Crippen LogP contribution is -2.09. The summed E-state index contributed by atoms with van der Waals surface area (Å²) in [5.74, 6) is -0.281. The summed E-state index contributed by atoms with van der Waals surface area (Å²) in [6.45, 7) is 1.72. The minimum absolute atomic E-state index is 0.160. The van der Waals surface area contributed by atoms with E-state index < -0.39 is 15.1 Å². The molecule has 0 unspecified atom stereocenters. The highest BCUT2D eigenvalue weighted by Gasteiger charge is 2.16. The number of sulfone groups is 1. The normalized spacial score (nSPS) is 11.4. The second kappa shape index (κ2) is 5.17. The zero-order valence-electron chi connectivity index (χ0n) is 8.54. The average molecular weight is 281 g/mol. The van der Waals surface area contributed by atoms with Gasteiger partial charge in [0.15, 0.2) is 9.84 Å². The van der Waals surface area contributed by atoms with Gasteiger partial charge in [0.25, 0.3) is 0 Å². The Balaban J connectivity index is 2.99. The van der Waals surface area contributed by atoms with Crippen molar-refractivity contribution in [1.29, 1.82) is 0 Å². The van der Waals surface area contributed by atoms with E-state index in [-0.39, 0.29) is 17.1 Å². The Morgan fingerprint density at radius 1 is 1.38 bits per heavy atom. The van der Waals surface area contributed by atoms with Crippen molar-refractivity contribution in [3.05, 3.63) is 28.8 Å². The van der Waals surface area contributed by atoms with Crippen molar-refractivity contribution in [3.63, 3.8) is 0 Å². The van der Waals surface area contributed by atoms with Gasteiger partial charge >= 0.3 is 0 Å². The first kappa shape index (κ1) is 13.5. The fourth-order valence-corrected chi connectivity index (χ4v) is 2.79. The number of rotatable bonds is 4. The molecule has 0 amide bonds. The molecule has 0 aromatic heterocycles. The predicted molar refractivity (Wildman–Crippen MR) is 63.7 cm³/mol. The summed E-state index contributed by atoms with van der Waals surface area (Å²) in [5.41, 5.74) is 0.681. The van der Waals surface area contributed by atoms with E-state index in [2.05, 4.69) is 0 Å². The van der Waals surface area contributed by atoms with E-state index in [9.17, 15) is 13.2 Å².